The standard InChI is InChI=1S/C14H16FNO2/c15-13-5-1-2-6-14(13)18-10-11(9-16)8-12-4-3-7-17-12/h1-7,11H,8-10,16H2. The van der Waals surface area contributed by atoms with Crippen molar-refractivity contribution in [2.45, 2.75) is 6.42 Å². The molecule has 0 aliphatic heterocycles. The van der Waals surface area contributed by atoms with E-state index in [9.17, 15) is 4.39 Å². The number of hydrogen-bond donors (Lipinski definition) is 1. The minimum absolute atomic E-state index is 0.107. The molecule has 1 aromatic heterocycles. The van der Waals surface area contributed by atoms with Crippen LogP contribution in [0.2, 0.25) is 0 Å². The zero-order valence-corrected chi connectivity index (χ0v) is 10.0. The van der Waals surface area contributed by atoms with Gasteiger partial charge in [-0.05, 0) is 30.8 Å². The SMILES string of the molecule is NCC(COc1ccccc1F)Cc1ccco1. The van der Waals surface area contributed by atoms with Crippen molar-refractivity contribution in [2.75, 3.05) is 13.2 Å². The summed E-state index contributed by atoms with van der Waals surface area (Å²) in [5, 5.41) is 0. The third kappa shape index (κ3) is 3.34. The Bertz CT molecular complexity index is 470. The average Bonchev–Trinajstić information content (AvgIpc) is 2.89. The van der Waals surface area contributed by atoms with Gasteiger partial charge in [0.2, 0.25) is 0 Å². The second kappa shape index (κ2) is 6.21. The Morgan fingerprint density at radius 3 is 2.72 bits per heavy atom. The van der Waals surface area contributed by atoms with Crippen molar-refractivity contribution in [2.24, 2.45) is 11.7 Å². The van der Waals surface area contributed by atoms with E-state index in [0.717, 1.165) is 5.76 Å². The summed E-state index contributed by atoms with van der Waals surface area (Å²) in [7, 11) is 0. The Morgan fingerprint density at radius 1 is 1.22 bits per heavy atom. The first kappa shape index (κ1) is 12.6. The largest absolute Gasteiger partial charge is 0.490 e. The van der Waals surface area contributed by atoms with Crippen LogP contribution in [-0.4, -0.2) is 13.2 Å². The van der Waals surface area contributed by atoms with Crippen molar-refractivity contribution in [3.8, 4) is 5.75 Å². The number of ether oxygens (including phenoxy) is 1. The summed E-state index contributed by atoms with van der Waals surface area (Å²) in [4.78, 5) is 0. The van der Waals surface area contributed by atoms with Crippen LogP contribution in [-0.2, 0) is 6.42 Å². The number of furan rings is 1. The monoisotopic (exact) mass is 249 g/mol. The number of para-hydroxylation sites is 1. The van der Waals surface area contributed by atoms with Gasteiger partial charge in [-0.3, -0.25) is 0 Å². The molecule has 18 heavy (non-hydrogen) atoms. The summed E-state index contributed by atoms with van der Waals surface area (Å²) in [6.07, 6.45) is 2.32. The molecular formula is C14H16FNO2. The Hall–Kier alpha value is -1.81. The van der Waals surface area contributed by atoms with Gasteiger partial charge in [0, 0.05) is 12.3 Å². The van der Waals surface area contributed by atoms with Crippen molar-refractivity contribution in [3.63, 3.8) is 0 Å². The van der Waals surface area contributed by atoms with E-state index >= 15 is 0 Å². The molecule has 0 aliphatic carbocycles. The molecule has 1 heterocycles. The van der Waals surface area contributed by atoms with Crippen molar-refractivity contribution in [1.82, 2.24) is 0 Å². The predicted octanol–water partition coefficient (Wildman–Crippen LogP) is 2.62. The van der Waals surface area contributed by atoms with Gasteiger partial charge in [0.05, 0.1) is 12.9 Å². The zero-order valence-electron chi connectivity index (χ0n) is 10.0. The first-order valence-electron chi connectivity index (χ1n) is 5.89. The summed E-state index contributed by atoms with van der Waals surface area (Å²) in [5.74, 6) is 0.875. The number of nitrogens with two attached hydrogens (primary N) is 1. The fourth-order valence-corrected chi connectivity index (χ4v) is 1.69. The smallest absolute Gasteiger partial charge is 0.165 e. The first-order chi connectivity index (χ1) is 8.79. The highest BCUT2D eigenvalue weighted by molar-refractivity contribution is 5.23. The van der Waals surface area contributed by atoms with Crippen LogP contribution in [0.5, 0.6) is 5.75 Å². The van der Waals surface area contributed by atoms with Gasteiger partial charge in [0.1, 0.15) is 5.76 Å². The molecule has 0 saturated carbocycles. The van der Waals surface area contributed by atoms with Gasteiger partial charge >= 0.3 is 0 Å². The number of halogens is 1. The third-order valence-electron chi connectivity index (χ3n) is 2.71. The average molecular weight is 249 g/mol. The van der Waals surface area contributed by atoms with E-state index in [-0.39, 0.29) is 17.5 Å². The second-order valence-corrected chi connectivity index (χ2v) is 4.13. The Kier molecular flexibility index (Phi) is 4.36. The van der Waals surface area contributed by atoms with Crippen LogP contribution in [0.15, 0.2) is 47.1 Å². The topological polar surface area (TPSA) is 48.4 Å². The van der Waals surface area contributed by atoms with Crippen LogP contribution in [0.4, 0.5) is 4.39 Å². The maximum atomic E-state index is 13.3. The molecule has 2 rings (SSSR count). The van der Waals surface area contributed by atoms with Gasteiger partial charge in [0.15, 0.2) is 11.6 Å². The molecule has 0 spiro atoms. The predicted molar refractivity (Wildman–Crippen MR) is 66.9 cm³/mol. The van der Waals surface area contributed by atoms with E-state index in [1.54, 1.807) is 24.5 Å². The van der Waals surface area contributed by atoms with E-state index < -0.39 is 0 Å². The van der Waals surface area contributed by atoms with Crippen LogP contribution in [0.1, 0.15) is 5.76 Å². The van der Waals surface area contributed by atoms with Gasteiger partial charge in [0.25, 0.3) is 0 Å². The van der Waals surface area contributed by atoms with Crippen LogP contribution >= 0.6 is 0 Å². The molecule has 1 atom stereocenters. The maximum Gasteiger partial charge on any atom is 0.165 e. The fraction of sp³-hybridized carbons (Fsp3) is 0.286. The van der Waals surface area contributed by atoms with Crippen LogP contribution in [0.25, 0.3) is 0 Å². The van der Waals surface area contributed by atoms with E-state index in [1.807, 2.05) is 12.1 Å². The molecule has 3 nitrogen and oxygen atoms in total. The minimum Gasteiger partial charge on any atom is -0.490 e. The Morgan fingerprint density at radius 2 is 2.06 bits per heavy atom. The summed E-state index contributed by atoms with van der Waals surface area (Å²) in [5.41, 5.74) is 5.68. The molecule has 0 fully saturated rings. The third-order valence-corrected chi connectivity index (χ3v) is 2.71. The quantitative estimate of drug-likeness (QED) is 0.856. The van der Waals surface area contributed by atoms with Crippen LogP contribution < -0.4 is 10.5 Å². The first-order valence-corrected chi connectivity index (χ1v) is 5.89. The van der Waals surface area contributed by atoms with Gasteiger partial charge in [-0.25, -0.2) is 4.39 Å². The van der Waals surface area contributed by atoms with Crippen molar-refractivity contribution in [3.05, 3.63) is 54.2 Å². The molecule has 1 aromatic carbocycles. The van der Waals surface area contributed by atoms with Crippen LogP contribution in [0, 0.1) is 11.7 Å². The number of benzene rings is 1. The van der Waals surface area contributed by atoms with Gasteiger partial charge < -0.3 is 14.9 Å². The van der Waals surface area contributed by atoms with Gasteiger partial charge in [-0.1, -0.05) is 12.1 Å². The number of rotatable bonds is 6. The van der Waals surface area contributed by atoms with Crippen molar-refractivity contribution in [1.29, 1.82) is 0 Å². The highest BCUT2D eigenvalue weighted by Gasteiger charge is 2.12. The normalized spacial score (nSPS) is 12.3. The van der Waals surface area contributed by atoms with E-state index in [1.165, 1.54) is 6.07 Å². The Balaban J connectivity index is 1.89. The maximum absolute atomic E-state index is 13.3. The second-order valence-electron chi connectivity index (χ2n) is 4.13. The lowest BCUT2D eigenvalue weighted by Gasteiger charge is -2.14. The lowest BCUT2D eigenvalue weighted by Crippen LogP contribution is -2.23. The molecule has 0 radical (unpaired) electrons. The minimum atomic E-state index is -0.355. The van der Waals surface area contributed by atoms with Crippen molar-refractivity contribution < 1.29 is 13.5 Å². The summed E-state index contributed by atoms with van der Waals surface area (Å²) in [6, 6.07) is 10.1. The zero-order chi connectivity index (χ0) is 12.8. The lowest BCUT2D eigenvalue weighted by atomic mass is 10.1. The highest BCUT2D eigenvalue weighted by Crippen LogP contribution is 2.17. The lowest BCUT2D eigenvalue weighted by molar-refractivity contribution is 0.236. The summed E-state index contributed by atoms with van der Waals surface area (Å²) >= 11 is 0. The molecule has 0 saturated heterocycles. The van der Waals surface area contributed by atoms with E-state index in [0.29, 0.717) is 19.6 Å². The van der Waals surface area contributed by atoms with Crippen molar-refractivity contribution >= 4 is 0 Å². The summed E-state index contributed by atoms with van der Waals surface area (Å²) < 4.78 is 24.0. The molecule has 0 amide bonds. The summed E-state index contributed by atoms with van der Waals surface area (Å²) in [6.45, 7) is 0.841. The van der Waals surface area contributed by atoms with E-state index in [4.69, 9.17) is 14.9 Å². The molecule has 0 aliphatic rings. The number of hydrogen-bond acceptors (Lipinski definition) is 3. The molecule has 2 N–H and O–H groups in total. The molecular weight excluding hydrogens is 233 g/mol. The van der Waals surface area contributed by atoms with Gasteiger partial charge in [-0.2, -0.15) is 0 Å². The Labute approximate surface area is 105 Å². The van der Waals surface area contributed by atoms with Crippen LogP contribution in [0.3, 0.4) is 0 Å². The fourth-order valence-electron chi connectivity index (χ4n) is 1.69. The molecule has 2 aromatic rings. The molecule has 96 valence electrons. The molecule has 1 unspecified atom stereocenters. The highest BCUT2D eigenvalue weighted by atomic mass is 19.1. The molecule has 0 bridgehead atoms. The van der Waals surface area contributed by atoms with E-state index in [2.05, 4.69) is 0 Å². The van der Waals surface area contributed by atoms with Gasteiger partial charge in [-0.15, -0.1) is 0 Å². The molecule has 4 heteroatoms.